The molecule has 0 aromatic heterocycles. The SMILES string of the molecule is NC(=O)N(C1CC1)[C@@H]1CCCN(C(=O)NCc2cc(OC(F)(F)F)ccc2F)C1. The highest BCUT2D eigenvalue weighted by Crippen LogP contribution is 2.31. The topological polar surface area (TPSA) is 87.9 Å². The van der Waals surface area contributed by atoms with Gasteiger partial charge in [-0.1, -0.05) is 0 Å². The lowest BCUT2D eigenvalue weighted by atomic mass is 10.0. The van der Waals surface area contributed by atoms with Crippen molar-refractivity contribution in [1.82, 2.24) is 15.1 Å². The van der Waals surface area contributed by atoms with Crippen molar-refractivity contribution in [3.8, 4) is 5.75 Å². The van der Waals surface area contributed by atoms with Gasteiger partial charge in [-0.3, -0.25) is 0 Å². The largest absolute Gasteiger partial charge is 0.573 e. The van der Waals surface area contributed by atoms with Crippen molar-refractivity contribution in [2.45, 2.75) is 50.7 Å². The molecule has 3 N–H and O–H groups in total. The Bertz CT molecular complexity index is 770. The molecule has 1 saturated carbocycles. The number of rotatable bonds is 5. The van der Waals surface area contributed by atoms with Crippen LogP contribution >= 0.6 is 0 Å². The number of alkyl halides is 3. The van der Waals surface area contributed by atoms with Crippen LogP contribution in [0, 0.1) is 5.82 Å². The number of nitrogens with two attached hydrogens (primary N) is 1. The van der Waals surface area contributed by atoms with Gasteiger partial charge in [0.2, 0.25) is 0 Å². The first kappa shape index (κ1) is 21.0. The molecule has 2 aliphatic rings. The third kappa shape index (κ3) is 5.64. The molecule has 4 amide bonds. The van der Waals surface area contributed by atoms with Crippen molar-refractivity contribution in [3.05, 3.63) is 29.6 Å². The molecule has 1 aromatic carbocycles. The normalized spacial score (nSPS) is 19.6. The second kappa shape index (κ2) is 8.34. The fourth-order valence-corrected chi connectivity index (χ4v) is 3.54. The smallest absolute Gasteiger partial charge is 0.406 e. The Labute approximate surface area is 164 Å². The predicted octanol–water partition coefficient (Wildman–Crippen LogP) is 2.94. The van der Waals surface area contributed by atoms with E-state index in [1.165, 1.54) is 4.90 Å². The summed E-state index contributed by atoms with van der Waals surface area (Å²) in [5, 5.41) is 2.51. The molecular weight excluding hydrogens is 396 g/mol. The Morgan fingerprint density at radius 3 is 2.59 bits per heavy atom. The van der Waals surface area contributed by atoms with Gasteiger partial charge in [0.25, 0.3) is 0 Å². The zero-order chi connectivity index (χ0) is 21.2. The lowest BCUT2D eigenvalue weighted by Gasteiger charge is -2.38. The number of amides is 4. The summed E-state index contributed by atoms with van der Waals surface area (Å²) >= 11 is 0. The molecular formula is C18H22F4N4O3. The second-order valence-electron chi connectivity index (χ2n) is 7.18. The number of nitrogens with zero attached hydrogens (tertiary/aromatic N) is 2. The fraction of sp³-hybridized carbons (Fsp3) is 0.556. The lowest BCUT2D eigenvalue weighted by molar-refractivity contribution is -0.274. The summed E-state index contributed by atoms with van der Waals surface area (Å²) in [6.07, 6.45) is -1.70. The Morgan fingerprint density at radius 2 is 1.97 bits per heavy atom. The summed E-state index contributed by atoms with van der Waals surface area (Å²) in [4.78, 5) is 27.3. The third-order valence-electron chi connectivity index (χ3n) is 4.95. The van der Waals surface area contributed by atoms with Gasteiger partial charge >= 0.3 is 18.4 Å². The molecule has 1 aliphatic carbocycles. The molecule has 1 atom stereocenters. The quantitative estimate of drug-likeness (QED) is 0.721. The maximum absolute atomic E-state index is 13.9. The second-order valence-corrected chi connectivity index (χ2v) is 7.18. The summed E-state index contributed by atoms with van der Waals surface area (Å²) in [5.74, 6) is -1.33. The highest BCUT2D eigenvalue weighted by molar-refractivity contribution is 5.75. The maximum atomic E-state index is 13.9. The Balaban J connectivity index is 1.59. The monoisotopic (exact) mass is 418 g/mol. The van der Waals surface area contributed by atoms with E-state index in [2.05, 4.69) is 10.1 Å². The van der Waals surface area contributed by atoms with Gasteiger partial charge in [-0.15, -0.1) is 13.2 Å². The van der Waals surface area contributed by atoms with Crippen LogP contribution in [-0.4, -0.2) is 53.4 Å². The van der Waals surface area contributed by atoms with E-state index in [0.717, 1.165) is 37.5 Å². The number of benzene rings is 1. The molecule has 0 unspecified atom stereocenters. The summed E-state index contributed by atoms with van der Waals surface area (Å²) in [6, 6.07) is 1.54. The molecule has 7 nitrogen and oxygen atoms in total. The van der Waals surface area contributed by atoms with Gasteiger partial charge in [-0.2, -0.15) is 0 Å². The van der Waals surface area contributed by atoms with E-state index >= 15 is 0 Å². The van der Waals surface area contributed by atoms with Crippen LogP contribution < -0.4 is 15.8 Å². The number of nitrogens with one attached hydrogen (secondary N) is 1. The van der Waals surface area contributed by atoms with Crippen LogP contribution in [0.1, 0.15) is 31.2 Å². The summed E-state index contributed by atoms with van der Waals surface area (Å²) < 4.78 is 54.6. The molecule has 11 heteroatoms. The first-order valence-electron chi connectivity index (χ1n) is 9.29. The minimum atomic E-state index is -4.89. The average Bonchev–Trinajstić information content (AvgIpc) is 3.45. The molecule has 0 bridgehead atoms. The van der Waals surface area contributed by atoms with Crippen LogP contribution in [0.2, 0.25) is 0 Å². The van der Waals surface area contributed by atoms with Crippen LogP contribution in [0.15, 0.2) is 18.2 Å². The molecule has 2 fully saturated rings. The number of halogens is 4. The lowest BCUT2D eigenvalue weighted by Crippen LogP contribution is -2.55. The molecule has 160 valence electrons. The minimum absolute atomic E-state index is 0.117. The molecule has 1 aliphatic heterocycles. The van der Waals surface area contributed by atoms with Gasteiger partial charge in [-0.05, 0) is 43.9 Å². The van der Waals surface area contributed by atoms with Crippen molar-refractivity contribution < 1.29 is 31.9 Å². The van der Waals surface area contributed by atoms with Gasteiger partial charge in [0.1, 0.15) is 11.6 Å². The van der Waals surface area contributed by atoms with Gasteiger partial charge in [0.05, 0.1) is 6.04 Å². The Morgan fingerprint density at radius 1 is 1.24 bits per heavy atom. The first-order valence-corrected chi connectivity index (χ1v) is 9.29. The van der Waals surface area contributed by atoms with E-state index in [0.29, 0.717) is 19.5 Å². The van der Waals surface area contributed by atoms with Crippen LogP contribution in [0.3, 0.4) is 0 Å². The van der Waals surface area contributed by atoms with Crippen LogP contribution in [-0.2, 0) is 6.54 Å². The van der Waals surface area contributed by atoms with E-state index < -0.39 is 30.0 Å². The van der Waals surface area contributed by atoms with Crippen LogP contribution in [0.4, 0.5) is 27.2 Å². The maximum Gasteiger partial charge on any atom is 0.573 e. The zero-order valence-corrected chi connectivity index (χ0v) is 15.5. The number of ether oxygens (including phenoxy) is 1. The number of piperidine rings is 1. The number of carbonyl (C=O) groups excluding carboxylic acids is 2. The van der Waals surface area contributed by atoms with E-state index in [1.807, 2.05) is 0 Å². The number of hydrogen-bond acceptors (Lipinski definition) is 3. The van der Waals surface area contributed by atoms with Crippen LogP contribution in [0.25, 0.3) is 0 Å². The van der Waals surface area contributed by atoms with Gasteiger partial charge in [0.15, 0.2) is 0 Å². The zero-order valence-electron chi connectivity index (χ0n) is 15.5. The fourth-order valence-electron chi connectivity index (χ4n) is 3.54. The highest BCUT2D eigenvalue weighted by atomic mass is 19.4. The Kier molecular flexibility index (Phi) is 6.04. The van der Waals surface area contributed by atoms with Gasteiger partial charge < -0.3 is 25.6 Å². The molecule has 1 saturated heterocycles. The summed E-state index contributed by atoms with van der Waals surface area (Å²) in [7, 11) is 0. The van der Waals surface area contributed by atoms with Crippen LogP contribution in [0.5, 0.6) is 5.75 Å². The van der Waals surface area contributed by atoms with Crippen molar-refractivity contribution in [2.24, 2.45) is 5.73 Å². The highest BCUT2D eigenvalue weighted by Gasteiger charge is 2.38. The molecule has 0 spiro atoms. The first-order chi connectivity index (χ1) is 13.6. The number of carbonyl (C=O) groups is 2. The molecule has 1 heterocycles. The van der Waals surface area contributed by atoms with E-state index in [1.54, 1.807) is 4.90 Å². The third-order valence-corrected chi connectivity index (χ3v) is 4.95. The van der Waals surface area contributed by atoms with Gasteiger partial charge in [-0.25, -0.2) is 14.0 Å². The number of likely N-dealkylation sites (tertiary alicyclic amines) is 1. The molecule has 29 heavy (non-hydrogen) atoms. The van der Waals surface area contributed by atoms with E-state index in [4.69, 9.17) is 5.73 Å². The molecule has 0 radical (unpaired) electrons. The molecule has 1 aromatic rings. The molecule has 3 rings (SSSR count). The van der Waals surface area contributed by atoms with E-state index in [-0.39, 0.29) is 24.2 Å². The average molecular weight is 418 g/mol. The van der Waals surface area contributed by atoms with Crippen molar-refractivity contribution in [1.29, 1.82) is 0 Å². The van der Waals surface area contributed by atoms with Gasteiger partial charge in [0, 0.05) is 31.2 Å². The van der Waals surface area contributed by atoms with Crippen molar-refractivity contribution >= 4 is 12.1 Å². The van der Waals surface area contributed by atoms with Crippen molar-refractivity contribution in [2.75, 3.05) is 13.1 Å². The standard InChI is InChI=1S/C18H22F4N4O3/c19-15-6-5-14(29-18(20,21)22)8-11(15)9-24-17(28)25-7-1-2-13(10-25)26(16(23)27)12-3-4-12/h5-6,8,12-13H,1-4,7,9-10H2,(H2,23,27)(H,24,28)/t13-/m1/s1. The number of hydrogen-bond donors (Lipinski definition) is 2. The number of primary amides is 1. The van der Waals surface area contributed by atoms with E-state index in [9.17, 15) is 27.2 Å². The predicted molar refractivity (Wildman–Crippen MR) is 94.4 cm³/mol. The minimum Gasteiger partial charge on any atom is -0.406 e. The summed E-state index contributed by atoms with van der Waals surface area (Å²) in [6.45, 7) is 0.452. The number of urea groups is 2. The summed E-state index contributed by atoms with van der Waals surface area (Å²) in [5.41, 5.74) is 5.34. The van der Waals surface area contributed by atoms with Crippen molar-refractivity contribution in [3.63, 3.8) is 0 Å². The Hall–Kier alpha value is -2.72.